The van der Waals surface area contributed by atoms with Crippen LogP contribution in [0, 0.1) is 17.3 Å². The van der Waals surface area contributed by atoms with Gasteiger partial charge in [0.2, 0.25) is 0 Å². The van der Waals surface area contributed by atoms with E-state index in [-0.39, 0.29) is 11.4 Å². The van der Waals surface area contributed by atoms with Crippen molar-refractivity contribution in [1.82, 2.24) is 0 Å². The Balaban J connectivity index is 2.09. The monoisotopic (exact) mass is 250 g/mol. The van der Waals surface area contributed by atoms with Crippen LogP contribution in [0.1, 0.15) is 46.5 Å². The maximum atomic E-state index is 11.3. The summed E-state index contributed by atoms with van der Waals surface area (Å²) in [4.78, 5) is 11.3. The molecule has 0 aliphatic heterocycles. The lowest BCUT2D eigenvalue weighted by atomic mass is 9.71. The van der Waals surface area contributed by atoms with Crippen molar-refractivity contribution in [2.45, 2.75) is 46.5 Å². The van der Waals surface area contributed by atoms with E-state index in [0.29, 0.717) is 11.3 Å². The third-order valence-corrected chi connectivity index (χ3v) is 5.31. The molecular formula is C15H23OP. The smallest absolute Gasteiger partial charge is 0.151 e. The van der Waals surface area contributed by atoms with E-state index >= 15 is 0 Å². The number of hydrogen-bond donors (Lipinski definition) is 0. The van der Waals surface area contributed by atoms with Gasteiger partial charge in [-0.1, -0.05) is 46.4 Å². The molecular weight excluding hydrogens is 227 g/mol. The predicted octanol–water partition coefficient (Wildman–Crippen LogP) is 4.11. The molecule has 0 aromatic heterocycles. The molecule has 0 radical (unpaired) electrons. The van der Waals surface area contributed by atoms with E-state index in [1.54, 1.807) is 5.57 Å². The molecule has 1 nitrogen and oxygen atoms in total. The van der Waals surface area contributed by atoms with E-state index in [0.717, 1.165) is 19.3 Å². The molecule has 2 aliphatic carbocycles. The molecule has 0 aromatic carbocycles. The normalized spacial score (nSPS) is 32.0. The molecule has 2 aliphatic rings. The summed E-state index contributed by atoms with van der Waals surface area (Å²) in [7, 11) is 2.34. The van der Waals surface area contributed by atoms with E-state index in [2.05, 4.69) is 42.2 Å². The first-order chi connectivity index (χ1) is 7.93. The highest BCUT2D eigenvalue weighted by atomic mass is 31.0. The molecule has 2 rings (SSSR count). The largest absolute Gasteiger partial charge is 0.295 e. The van der Waals surface area contributed by atoms with Gasteiger partial charge in [0, 0.05) is 5.92 Å². The van der Waals surface area contributed by atoms with Crippen LogP contribution >= 0.6 is 9.24 Å². The van der Waals surface area contributed by atoms with Crippen LogP contribution in [0.4, 0.5) is 0 Å². The van der Waals surface area contributed by atoms with Crippen LogP contribution in [0.5, 0.6) is 0 Å². The van der Waals surface area contributed by atoms with Gasteiger partial charge < -0.3 is 0 Å². The second-order valence-electron chi connectivity index (χ2n) is 6.05. The molecule has 0 fully saturated rings. The Labute approximate surface area is 107 Å². The summed E-state index contributed by atoms with van der Waals surface area (Å²) in [6.07, 6.45) is 9.01. The first-order valence-corrected chi connectivity index (χ1v) is 7.16. The molecule has 17 heavy (non-hydrogen) atoms. The quantitative estimate of drug-likeness (QED) is 0.532. The van der Waals surface area contributed by atoms with Crippen molar-refractivity contribution < 1.29 is 4.79 Å². The van der Waals surface area contributed by atoms with E-state index in [9.17, 15) is 4.79 Å². The third-order valence-electron chi connectivity index (χ3n) is 4.84. The Kier molecular flexibility index (Phi) is 3.59. The van der Waals surface area contributed by atoms with Gasteiger partial charge >= 0.3 is 0 Å². The number of hydrogen-bond acceptors (Lipinski definition) is 1. The summed E-state index contributed by atoms with van der Waals surface area (Å²) in [5, 5.41) is 0. The molecule has 0 amide bonds. The predicted molar refractivity (Wildman–Crippen MR) is 75.8 cm³/mol. The fraction of sp³-hybridized carbons (Fsp3) is 0.667. The Hall–Kier alpha value is -0.420. The van der Waals surface area contributed by atoms with Crippen LogP contribution in [-0.4, -0.2) is 5.52 Å². The Morgan fingerprint density at radius 1 is 1.35 bits per heavy atom. The lowest BCUT2D eigenvalue weighted by Crippen LogP contribution is -2.24. The van der Waals surface area contributed by atoms with Gasteiger partial charge in [-0.05, 0) is 43.9 Å². The van der Waals surface area contributed by atoms with Gasteiger partial charge in [0.1, 0.15) is 0 Å². The Morgan fingerprint density at radius 2 is 2.06 bits per heavy atom. The van der Waals surface area contributed by atoms with Crippen LogP contribution in [-0.2, 0) is 4.79 Å². The van der Waals surface area contributed by atoms with Gasteiger partial charge in [-0.15, -0.1) is 0 Å². The number of carbonyl (C=O) groups is 1. The van der Waals surface area contributed by atoms with Gasteiger partial charge in [-0.2, -0.15) is 0 Å². The first-order valence-electron chi connectivity index (χ1n) is 6.58. The van der Waals surface area contributed by atoms with Gasteiger partial charge in [0.15, 0.2) is 5.52 Å². The van der Waals surface area contributed by atoms with Gasteiger partial charge in [0.25, 0.3) is 0 Å². The zero-order valence-electron chi connectivity index (χ0n) is 11.1. The second kappa shape index (κ2) is 4.69. The number of rotatable bonds is 2. The Bertz CT molecular complexity index is 390. The number of carbonyl (C=O) groups excluding carboxylic acids is 1. The molecule has 0 aromatic rings. The topological polar surface area (TPSA) is 17.1 Å². The summed E-state index contributed by atoms with van der Waals surface area (Å²) in [5.41, 5.74) is 3.70. The SMILES string of the molecule is CC1=CCC(C2=CCC(C(=O)P)CC2)C1(C)C. The highest BCUT2D eigenvalue weighted by Crippen LogP contribution is 2.48. The lowest BCUT2D eigenvalue weighted by Gasteiger charge is -2.34. The molecule has 0 heterocycles. The minimum Gasteiger partial charge on any atom is -0.295 e. The van der Waals surface area contributed by atoms with Crippen molar-refractivity contribution in [3.05, 3.63) is 23.3 Å². The molecule has 0 bridgehead atoms. The molecule has 0 N–H and O–H groups in total. The highest BCUT2D eigenvalue weighted by Gasteiger charge is 2.37. The van der Waals surface area contributed by atoms with Gasteiger partial charge in [0.05, 0.1) is 0 Å². The molecule has 94 valence electrons. The summed E-state index contributed by atoms with van der Waals surface area (Å²) in [6, 6.07) is 0. The maximum absolute atomic E-state index is 11.3. The molecule has 0 saturated carbocycles. The maximum Gasteiger partial charge on any atom is 0.151 e. The fourth-order valence-corrected chi connectivity index (χ4v) is 3.47. The van der Waals surface area contributed by atoms with E-state index in [1.807, 2.05) is 0 Å². The molecule has 0 spiro atoms. The summed E-state index contributed by atoms with van der Waals surface area (Å²) in [5.74, 6) is 0.922. The van der Waals surface area contributed by atoms with Crippen LogP contribution in [0.15, 0.2) is 23.3 Å². The lowest BCUT2D eigenvalue weighted by molar-refractivity contribution is -0.114. The van der Waals surface area contributed by atoms with Crippen molar-refractivity contribution >= 4 is 14.8 Å². The minimum atomic E-state index is 0.252. The number of allylic oxidation sites excluding steroid dienone is 4. The Morgan fingerprint density at radius 3 is 2.47 bits per heavy atom. The zero-order chi connectivity index (χ0) is 12.6. The van der Waals surface area contributed by atoms with E-state index in [4.69, 9.17) is 0 Å². The van der Waals surface area contributed by atoms with Crippen LogP contribution in [0.2, 0.25) is 0 Å². The minimum absolute atomic E-state index is 0.252. The summed E-state index contributed by atoms with van der Waals surface area (Å²) in [6.45, 7) is 6.95. The summed E-state index contributed by atoms with van der Waals surface area (Å²) < 4.78 is 0. The molecule has 2 heteroatoms. The molecule has 0 saturated heterocycles. The zero-order valence-corrected chi connectivity index (χ0v) is 12.3. The highest BCUT2D eigenvalue weighted by molar-refractivity contribution is 7.40. The van der Waals surface area contributed by atoms with E-state index in [1.165, 1.54) is 12.0 Å². The fourth-order valence-electron chi connectivity index (χ4n) is 3.17. The van der Waals surface area contributed by atoms with Gasteiger partial charge in [-0.3, -0.25) is 4.79 Å². The van der Waals surface area contributed by atoms with Gasteiger partial charge in [-0.25, -0.2) is 0 Å². The standard InChI is InChI=1S/C15H23OP/c1-10-4-9-13(15(10,2)3)11-5-7-12(8-6-11)14(16)17/h4-5,12-13H,6-9,17H2,1-3H3. The first kappa shape index (κ1) is 13.0. The van der Waals surface area contributed by atoms with E-state index < -0.39 is 0 Å². The molecule has 3 atom stereocenters. The molecule has 3 unspecified atom stereocenters. The average molecular weight is 250 g/mol. The summed E-state index contributed by atoms with van der Waals surface area (Å²) >= 11 is 0. The third kappa shape index (κ3) is 2.40. The van der Waals surface area contributed by atoms with Crippen LogP contribution in [0.25, 0.3) is 0 Å². The van der Waals surface area contributed by atoms with Crippen molar-refractivity contribution in [3.8, 4) is 0 Å². The second-order valence-corrected chi connectivity index (χ2v) is 6.62. The average Bonchev–Trinajstić information content (AvgIpc) is 2.54. The van der Waals surface area contributed by atoms with Crippen molar-refractivity contribution in [2.24, 2.45) is 17.3 Å². The van der Waals surface area contributed by atoms with Crippen molar-refractivity contribution in [1.29, 1.82) is 0 Å². The van der Waals surface area contributed by atoms with Crippen molar-refractivity contribution in [2.75, 3.05) is 0 Å². The van der Waals surface area contributed by atoms with Crippen LogP contribution < -0.4 is 0 Å². The van der Waals surface area contributed by atoms with Crippen LogP contribution in [0.3, 0.4) is 0 Å². The van der Waals surface area contributed by atoms with Crippen molar-refractivity contribution in [3.63, 3.8) is 0 Å².